The standard InChI is InChI=1S/C16H25BrN2S/c1-12-13(2)18-15(19-14(12)3)20-11-16(10-17)8-6-4-5-7-9-16/h4-11H2,1-3H3. The predicted molar refractivity (Wildman–Crippen MR) is 90.9 cm³/mol. The van der Waals surface area contributed by atoms with Crippen LogP contribution in [0.4, 0.5) is 0 Å². The first-order valence-corrected chi connectivity index (χ1v) is 9.68. The Balaban J connectivity index is 2.06. The first-order chi connectivity index (χ1) is 9.56. The molecule has 1 saturated carbocycles. The lowest BCUT2D eigenvalue weighted by Crippen LogP contribution is -2.25. The van der Waals surface area contributed by atoms with Crippen molar-refractivity contribution in [3.63, 3.8) is 0 Å². The SMILES string of the molecule is Cc1nc(SCC2(CBr)CCCCCC2)nc(C)c1C. The third-order valence-corrected chi connectivity index (χ3v) is 6.95. The molecule has 20 heavy (non-hydrogen) atoms. The van der Waals surface area contributed by atoms with Crippen molar-refractivity contribution in [2.24, 2.45) is 5.41 Å². The van der Waals surface area contributed by atoms with Crippen LogP contribution in [0, 0.1) is 26.2 Å². The van der Waals surface area contributed by atoms with Gasteiger partial charge < -0.3 is 0 Å². The zero-order valence-corrected chi connectivity index (χ0v) is 15.2. The smallest absolute Gasteiger partial charge is 0.188 e. The minimum atomic E-state index is 0.442. The fourth-order valence-electron chi connectivity index (χ4n) is 2.82. The summed E-state index contributed by atoms with van der Waals surface area (Å²) >= 11 is 5.61. The van der Waals surface area contributed by atoms with E-state index in [0.29, 0.717) is 5.41 Å². The summed E-state index contributed by atoms with van der Waals surface area (Å²) in [4.78, 5) is 9.29. The van der Waals surface area contributed by atoms with E-state index in [-0.39, 0.29) is 0 Å². The summed E-state index contributed by atoms with van der Waals surface area (Å²) < 4.78 is 0. The second-order valence-corrected chi connectivity index (χ2v) is 7.64. The van der Waals surface area contributed by atoms with Crippen LogP contribution < -0.4 is 0 Å². The van der Waals surface area contributed by atoms with Crippen molar-refractivity contribution in [1.29, 1.82) is 0 Å². The Morgan fingerprint density at radius 1 is 1.00 bits per heavy atom. The number of thioether (sulfide) groups is 1. The van der Waals surface area contributed by atoms with E-state index in [1.807, 2.05) is 11.8 Å². The Kier molecular flexibility index (Phi) is 5.91. The number of nitrogens with zero attached hydrogens (tertiary/aromatic N) is 2. The summed E-state index contributed by atoms with van der Waals surface area (Å²) in [6.45, 7) is 6.27. The fraction of sp³-hybridized carbons (Fsp3) is 0.750. The van der Waals surface area contributed by atoms with Gasteiger partial charge >= 0.3 is 0 Å². The quantitative estimate of drug-likeness (QED) is 0.319. The van der Waals surface area contributed by atoms with E-state index in [9.17, 15) is 0 Å². The number of rotatable bonds is 4. The lowest BCUT2D eigenvalue weighted by molar-refractivity contribution is 0.334. The predicted octanol–water partition coefficient (Wildman–Crippen LogP) is 5.23. The van der Waals surface area contributed by atoms with Gasteiger partial charge in [-0.1, -0.05) is 53.4 Å². The molecule has 0 spiro atoms. The molecule has 1 heterocycles. The van der Waals surface area contributed by atoms with Crippen LogP contribution in [-0.2, 0) is 0 Å². The minimum Gasteiger partial charge on any atom is -0.228 e. The van der Waals surface area contributed by atoms with Gasteiger partial charge in [0.1, 0.15) is 0 Å². The maximum absolute atomic E-state index is 4.64. The van der Waals surface area contributed by atoms with Gasteiger partial charge in [-0.25, -0.2) is 9.97 Å². The van der Waals surface area contributed by atoms with Crippen LogP contribution in [0.25, 0.3) is 0 Å². The zero-order chi connectivity index (χ0) is 14.6. The molecule has 112 valence electrons. The van der Waals surface area contributed by atoms with Gasteiger partial charge in [-0.05, 0) is 44.6 Å². The Morgan fingerprint density at radius 3 is 2.05 bits per heavy atom. The molecule has 0 bridgehead atoms. The molecular weight excluding hydrogens is 332 g/mol. The highest BCUT2D eigenvalue weighted by Crippen LogP contribution is 2.40. The summed E-state index contributed by atoms with van der Waals surface area (Å²) in [6.07, 6.45) is 8.24. The molecule has 1 aliphatic carbocycles. The molecule has 1 aliphatic rings. The number of aryl methyl sites for hydroxylation is 2. The summed E-state index contributed by atoms with van der Waals surface area (Å²) in [5, 5.41) is 2.06. The Labute approximate surface area is 135 Å². The molecule has 2 rings (SSSR count). The molecule has 0 atom stereocenters. The van der Waals surface area contributed by atoms with E-state index in [1.54, 1.807) is 0 Å². The first kappa shape index (κ1) is 16.3. The molecule has 0 saturated heterocycles. The highest BCUT2D eigenvalue weighted by molar-refractivity contribution is 9.09. The van der Waals surface area contributed by atoms with E-state index >= 15 is 0 Å². The summed E-state index contributed by atoms with van der Waals surface area (Å²) in [5.74, 6) is 1.14. The molecule has 4 heteroatoms. The highest BCUT2D eigenvalue weighted by atomic mass is 79.9. The van der Waals surface area contributed by atoms with Crippen molar-refractivity contribution in [3.05, 3.63) is 17.0 Å². The number of halogens is 1. The van der Waals surface area contributed by atoms with Gasteiger partial charge in [0.2, 0.25) is 0 Å². The van der Waals surface area contributed by atoms with E-state index in [2.05, 4.69) is 46.7 Å². The number of aromatic nitrogens is 2. The van der Waals surface area contributed by atoms with Gasteiger partial charge in [0.15, 0.2) is 5.16 Å². The van der Waals surface area contributed by atoms with E-state index in [0.717, 1.165) is 27.6 Å². The zero-order valence-electron chi connectivity index (χ0n) is 12.8. The van der Waals surface area contributed by atoms with Gasteiger partial charge in [0.05, 0.1) is 0 Å². The molecular formula is C16H25BrN2S. The minimum absolute atomic E-state index is 0.442. The van der Waals surface area contributed by atoms with Crippen LogP contribution in [0.5, 0.6) is 0 Å². The van der Waals surface area contributed by atoms with Crippen LogP contribution in [0.1, 0.15) is 55.5 Å². The monoisotopic (exact) mass is 356 g/mol. The molecule has 1 fully saturated rings. The molecule has 0 amide bonds. The number of hydrogen-bond donors (Lipinski definition) is 0. The molecule has 0 N–H and O–H groups in total. The molecule has 0 radical (unpaired) electrons. The lowest BCUT2D eigenvalue weighted by atomic mass is 9.85. The number of hydrogen-bond acceptors (Lipinski definition) is 3. The summed E-state index contributed by atoms with van der Waals surface area (Å²) in [5.41, 5.74) is 3.90. The maximum Gasteiger partial charge on any atom is 0.188 e. The van der Waals surface area contributed by atoms with Crippen molar-refractivity contribution in [2.45, 2.75) is 64.5 Å². The highest BCUT2D eigenvalue weighted by Gasteiger charge is 2.30. The fourth-order valence-corrected chi connectivity index (χ4v) is 5.07. The Bertz CT molecular complexity index is 431. The third kappa shape index (κ3) is 3.97. The molecule has 2 nitrogen and oxygen atoms in total. The molecule has 1 aromatic heterocycles. The van der Waals surface area contributed by atoms with Gasteiger partial charge in [-0.2, -0.15) is 0 Å². The normalized spacial score (nSPS) is 18.8. The topological polar surface area (TPSA) is 25.8 Å². The van der Waals surface area contributed by atoms with E-state index in [4.69, 9.17) is 0 Å². The average molecular weight is 357 g/mol. The third-order valence-electron chi connectivity index (χ3n) is 4.57. The van der Waals surface area contributed by atoms with E-state index < -0.39 is 0 Å². The van der Waals surface area contributed by atoms with Gasteiger partial charge in [0, 0.05) is 22.5 Å². The van der Waals surface area contributed by atoms with Crippen molar-refractivity contribution < 1.29 is 0 Å². The second-order valence-electron chi connectivity index (χ2n) is 6.14. The first-order valence-electron chi connectivity index (χ1n) is 7.57. The largest absolute Gasteiger partial charge is 0.228 e. The van der Waals surface area contributed by atoms with Crippen LogP contribution >= 0.6 is 27.7 Å². The Morgan fingerprint density at radius 2 is 1.55 bits per heavy atom. The average Bonchev–Trinajstić information content (AvgIpc) is 2.68. The summed E-state index contributed by atoms with van der Waals surface area (Å²) in [6, 6.07) is 0. The molecule has 1 aromatic rings. The van der Waals surface area contributed by atoms with Crippen LogP contribution in [0.3, 0.4) is 0 Å². The van der Waals surface area contributed by atoms with Gasteiger partial charge in [-0.15, -0.1) is 0 Å². The van der Waals surface area contributed by atoms with Crippen molar-refractivity contribution in [3.8, 4) is 0 Å². The van der Waals surface area contributed by atoms with Crippen LogP contribution in [0.15, 0.2) is 5.16 Å². The number of alkyl halides is 1. The van der Waals surface area contributed by atoms with Crippen LogP contribution in [-0.4, -0.2) is 21.1 Å². The van der Waals surface area contributed by atoms with Crippen molar-refractivity contribution in [1.82, 2.24) is 9.97 Å². The molecule has 0 unspecified atom stereocenters. The van der Waals surface area contributed by atoms with Crippen molar-refractivity contribution >= 4 is 27.7 Å². The lowest BCUT2D eigenvalue weighted by Gasteiger charge is -2.30. The van der Waals surface area contributed by atoms with E-state index in [1.165, 1.54) is 44.1 Å². The molecule has 0 aromatic carbocycles. The maximum atomic E-state index is 4.64. The second kappa shape index (κ2) is 7.26. The Hall–Kier alpha value is -0.0900. The van der Waals surface area contributed by atoms with Crippen molar-refractivity contribution in [2.75, 3.05) is 11.1 Å². The van der Waals surface area contributed by atoms with Crippen LogP contribution in [0.2, 0.25) is 0 Å². The summed E-state index contributed by atoms with van der Waals surface area (Å²) in [7, 11) is 0. The van der Waals surface area contributed by atoms with Gasteiger partial charge in [-0.3, -0.25) is 0 Å². The molecule has 0 aliphatic heterocycles. The van der Waals surface area contributed by atoms with Gasteiger partial charge in [0.25, 0.3) is 0 Å².